The van der Waals surface area contributed by atoms with Gasteiger partial charge in [0.25, 0.3) is 0 Å². The van der Waals surface area contributed by atoms with Crippen molar-refractivity contribution in [3.8, 4) is 0 Å². The molecule has 1 unspecified atom stereocenters. The molecule has 0 saturated carbocycles. The normalized spacial score (nSPS) is 20.9. The number of hydrogen-bond donors (Lipinski definition) is 2. The van der Waals surface area contributed by atoms with E-state index in [9.17, 15) is 9.90 Å². The summed E-state index contributed by atoms with van der Waals surface area (Å²) in [4.78, 5) is 14.3. The number of aryl methyl sites for hydroxylation is 2. The number of benzene rings is 1. The van der Waals surface area contributed by atoms with E-state index in [2.05, 4.69) is 15.5 Å². The van der Waals surface area contributed by atoms with Crippen LogP contribution in [0.15, 0.2) is 24.5 Å². The molecule has 0 aliphatic carbocycles. The van der Waals surface area contributed by atoms with Gasteiger partial charge < -0.3 is 15.0 Å². The summed E-state index contributed by atoms with van der Waals surface area (Å²) in [5, 5.41) is 22.2. The lowest BCUT2D eigenvalue weighted by molar-refractivity contribution is -0.119. The summed E-state index contributed by atoms with van der Waals surface area (Å²) >= 11 is 6.17. The Morgan fingerprint density at radius 3 is 2.96 bits per heavy atom. The third kappa shape index (κ3) is 4.60. The molecule has 1 saturated heterocycles. The predicted octanol–water partition coefficient (Wildman–Crippen LogP) is 1.79. The van der Waals surface area contributed by atoms with Gasteiger partial charge in [-0.05, 0) is 44.0 Å². The molecule has 1 aliphatic heterocycles. The average Bonchev–Trinajstić information content (AvgIpc) is 2.94. The maximum atomic E-state index is 12.4. The number of aromatic nitrogens is 3. The molecular weight excluding hydrogens is 354 g/mol. The molecule has 1 fully saturated rings. The van der Waals surface area contributed by atoms with Gasteiger partial charge in [-0.25, -0.2) is 0 Å². The van der Waals surface area contributed by atoms with Crippen LogP contribution in [0.3, 0.4) is 0 Å². The number of halogens is 1. The first-order valence-corrected chi connectivity index (χ1v) is 9.06. The predicted molar refractivity (Wildman–Crippen MR) is 100 cm³/mol. The quantitative estimate of drug-likeness (QED) is 0.830. The van der Waals surface area contributed by atoms with E-state index >= 15 is 0 Å². The highest BCUT2D eigenvalue weighted by Crippen LogP contribution is 2.25. The molecule has 2 heterocycles. The maximum absolute atomic E-state index is 12.4. The number of amides is 1. The third-order valence-electron chi connectivity index (χ3n) is 4.69. The first-order valence-electron chi connectivity index (χ1n) is 8.68. The van der Waals surface area contributed by atoms with Crippen molar-refractivity contribution in [1.29, 1.82) is 0 Å². The lowest BCUT2D eigenvalue weighted by atomic mass is 9.89. The van der Waals surface area contributed by atoms with E-state index in [0.717, 1.165) is 24.4 Å². The Morgan fingerprint density at radius 1 is 1.46 bits per heavy atom. The van der Waals surface area contributed by atoms with Crippen LogP contribution in [0.2, 0.25) is 5.02 Å². The van der Waals surface area contributed by atoms with Crippen LogP contribution in [-0.2, 0) is 18.3 Å². The molecule has 8 heteroatoms. The zero-order valence-electron chi connectivity index (χ0n) is 15.1. The number of piperidine rings is 1. The van der Waals surface area contributed by atoms with Gasteiger partial charge in [0, 0.05) is 20.0 Å². The minimum absolute atomic E-state index is 0.140. The molecule has 140 valence electrons. The van der Waals surface area contributed by atoms with Gasteiger partial charge in [0.1, 0.15) is 12.2 Å². The fraction of sp³-hybridized carbons (Fsp3) is 0.500. The van der Waals surface area contributed by atoms with Gasteiger partial charge >= 0.3 is 0 Å². The summed E-state index contributed by atoms with van der Waals surface area (Å²) in [7, 11) is 1.86. The summed E-state index contributed by atoms with van der Waals surface area (Å²) in [5.41, 5.74) is 0.743. The molecule has 1 amide bonds. The Labute approximate surface area is 158 Å². The third-order valence-corrected chi connectivity index (χ3v) is 5.01. The van der Waals surface area contributed by atoms with Crippen molar-refractivity contribution < 1.29 is 9.90 Å². The van der Waals surface area contributed by atoms with Gasteiger partial charge in [0.05, 0.1) is 22.9 Å². The van der Waals surface area contributed by atoms with E-state index in [4.69, 9.17) is 11.6 Å². The molecule has 2 aromatic rings. The molecule has 1 aromatic heterocycles. The second kappa shape index (κ2) is 7.73. The highest BCUT2D eigenvalue weighted by molar-refractivity contribution is 6.33. The minimum atomic E-state index is -0.902. The van der Waals surface area contributed by atoms with Crippen LogP contribution in [-0.4, -0.2) is 55.9 Å². The lowest BCUT2D eigenvalue weighted by Gasteiger charge is -2.38. The molecule has 26 heavy (non-hydrogen) atoms. The number of nitrogens with zero attached hydrogens (tertiary/aromatic N) is 4. The van der Waals surface area contributed by atoms with Crippen molar-refractivity contribution >= 4 is 23.2 Å². The Bertz CT molecular complexity index is 794. The topological polar surface area (TPSA) is 83.3 Å². The standard InChI is InChI=1S/C18H24ClN5O2/c1-13-4-5-15(14(19)8-13)21-17(25)10-24-7-3-6-18(26,11-24)9-16-22-20-12-23(16)2/h4-5,8,12,26H,3,6-7,9-11H2,1-2H3,(H,21,25). The summed E-state index contributed by atoms with van der Waals surface area (Å²) < 4.78 is 1.81. The number of nitrogens with one attached hydrogen (secondary N) is 1. The molecule has 0 radical (unpaired) electrons. The van der Waals surface area contributed by atoms with Crippen LogP contribution < -0.4 is 5.32 Å². The van der Waals surface area contributed by atoms with Crippen LogP contribution in [0.25, 0.3) is 0 Å². The maximum Gasteiger partial charge on any atom is 0.238 e. The summed E-state index contributed by atoms with van der Waals surface area (Å²) in [6.07, 6.45) is 3.55. The molecule has 7 nitrogen and oxygen atoms in total. The lowest BCUT2D eigenvalue weighted by Crippen LogP contribution is -2.51. The number of carbonyl (C=O) groups excluding carboxylic acids is 1. The second-order valence-electron chi connectivity index (χ2n) is 7.10. The SMILES string of the molecule is Cc1ccc(NC(=O)CN2CCCC(O)(Cc3nncn3C)C2)c(Cl)c1. The molecule has 2 N–H and O–H groups in total. The summed E-state index contributed by atoms with van der Waals surface area (Å²) in [5.74, 6) is 0.601. The zero-order chi connectivity index (χ0) is 18.7. The minimum Gasteiger partial charge on any atom is -0.388 e. The molecule has 1 atom stereocenters. The molecule has 0 bridgehead atoms. The van der Waals surface area contributed by atoms with Gasteiger partial charge in [-0.15, -0.1) is 10.2 Å². The van der Waals surface area contributed by atoms with E-state index in [1.54, 1.807) is 12.4 Å². The first kappa shape index (κ1) is 18.8. The summed E-state index contributed by atoms with van der Waals surface area (Å²) in [6.45, 7) is 3.36. The van der Waals surface area contributed by atoms with Crippen molar-refractivity contribution in [1.82, 2.24) is 19.7 Å². The Hall–Kier alpha value is -1.96. The van der Waals surface area contributed by atoms with Crippen LogP contribution in [0.4, 0.5) is 5.69 Å². The fourth-order valence-corrected chi connectivity index (χ4v) is 3.64. The average molecular weight is 378 g/mol. The van der Waals surface area contributed by atoms with Gasteiger partial charge in [0.2, 0.25) is 5.91 Å². The van der Waals surface area contributed by atoms with Crippen molar-refractivity contribution in [3.05, 3.63) is 40.9 Å². The highest BCUT2D eigenvalue weighted by atomic mass is 35.5. The Kier molecular flexibility index (Phi) is 5.60. The fourth-order valence-electron chi connectivity index (χ4n) is 3.36. The number of anilines is 1. The molecule has 1 aromatic carbocycles. The number of likely N-dealkylation sites (tertiary alicyclic amines) is 1. The smallest absolute Gasteiger partial charge is 0.238 e. The zero-order valence-corrected chi connectivity index (χ0v) is 15.8. The Balaban J connectivity index is 1.59. The number of carbonyl (C=O) groups is 1. The second-order valence-corrected chi connectivity index (χ2v) is 7.51. The van der Waals surface area contributed by atoms with Crippen molar-refractivity contribution in [2.75, 3.05) is 25.0 Å². The van der Waals surface area contributed by atoms with Crippen LogP contribution in [0.5, 0.6) is 0 Å². The first-order chi connectivity index (χ1) is 12.3. The highest BCUT2D eigenvalue weighted by Gasteiger charge is 2.35. The van der Waals surface area contributed by atoms with Gasteiger partial charge in [-0.1, -0.05) is 17.7 Å². The van der Waals surface area contributed by atoms with Crippen molar-refractivity contribution in [2.45, 2.75) is 31.8 Å². The van der Waals surface area contributed by atoms with E-state index in [1.165, 1.54) is 0 Å². The number of aliphatic hydroxyl groups is 1. The van der Waals surface area contributed by atoms with Crippen LogP contribution >= 0.6 is 11.6 Å². The van der Waals surface area contributed by atoms with E-state index in [-0.39, 0.29) is 12.5 Å². The molecule has 0 spiro atoms. The Morgan fingerprint density at radius 2 is 2.27 bits per heavy atom. The van der Waals surface area contributed by atoms with Crippen LogP contribution in [0, 0.1) is 6.92 Å². The number of hydrogen-bond acceptors (Lipinski definition) is 5. The van der Waals surface area contributed by atoms with Gasteiger partial charge in [-0.2, -0.15) is 0 Å². The van der Waals surface area contributed by atoms with E-state index in [0.29, 0.717) is 30.1 Å². The van der Waals surface area contributed by atoms with Crippen molar-refractivity contribution in [2.24, 2.45) is 7.05 Å². The monoisotopic (exact) mass is 377 g/mol. The number of rotatable bonds is 5. The molecule has 3 rings (SSSR count). The van der Waals surface area contributed by atoms with E-state index in [1.807, 2.05) is 35.6 Å². The molecular formula is C18H24ClN5O2. The van der Waals surface area contributed by atoms with Gasteiger partial charge in [0.15, 0.2) is 0 Å². The van der Waals surface area contributed by atoms with Crippen molar-refractivity contribution in [3.63, 3.8) is 0 Å². The van der Waals surface area contributed by atoms with Crippen LogP contribution in [0.1, 0.15) is 24.2 Å². The largest absolute Gasteiger partial charge is 0.388 e. The van der Waals surface area contributed by atoms with Gasteiger partial charge in [-0.3, -0.25) is 9.69 Å². The van der Waals surface area contributed by atoms with E-state index < -0.39 is 5.60 Å². The molecule has 1 aliphatic rings. The summed E-state index contributed by atoms with van der Waals surface area (Å²) in [6, 6.07) is 5.52. The number of β-amino-alcohol motifs (C(OH)–C–C–N with tert-alkyl or cyclic N) is 1.